The maximum absolute atomic E-state index is 6.03. The molecule has 0 bridgehead atoms. The van der Waals surface area contributed by atoms with Gasteiger partial charge in [0.05, 0.1) is 24.9 Å². The summed E-state index contributed by atoms with van der Waals surface area (Å²) in [6.07, 6.45) is 0.840. The number of hydrogen-bond donors (Lipinski definition) is 1. The molecule has 0 heterocycles. The highest BCUT2D eigenvalue weighted by Crippen LogP contribution is 2.36. The first kappa shape index (κ1) is 12.7. The number of methoxy groups -OCH3 is 2. The Labute approximate surface area is 101 Å². The molecule has 0 atom stereocenters. The molecule has 16 heavy (non-hydrogen) atoms. The van der Waals surface area contributed by atoms with E-state index in [4.69, 9.17) is 21.1 Å². The van der Waals surface area contributed by atoms with E-state index in [2.05, 4.69) is 11.9 Å². The zero-order valence-electron chi connectivity index (χ0n) is 9.76. The summed E-state index contributed by atoms with van der Waals surface area (Å²) in [6, 6.07) is 3.51. The van der Waals surface area contributed by atoms with Crippen molar-refractivity contribution in [2.75, 3.05) is 19.5 Å². The van der Waals surface area contributed by atoms with Gasteiger partial charge in [-0.25, -0.2) is 0 Å². The van der Waals surface area contributed by atoms with Crippen molar-refractivity contribution >= 4 is 17.3 Å². The number of halogens is 1. The van der Waals surface area contributed by atoms with Crippen molar-refractivity contribution < 1.29 is 9.47 Å². The van der Waals surface area contributed by atoms with Crippen molar-refractivity contribution in [2.45, 2.75) is 13.3 Å². The van der Waals surface area contributed by atoms with Crippen molar-refractivity contribution in [3.05, 3.63) is 29.4 Å². The lowest BCUT2D eigenvalue weighted by Gasteiger charge is -2.14. The molecule has 0 amide bonds. The van der Waals surface area contributed by atoms with Crippen molar-refractivity contribution in [2.24, 2.45) is 0 Å². The first-order valence-corrected chi connectivity index (χ1v) is 5.36. The minimum Gasteiger partial charge on any atom is -0.495 e. The third kappa shape index (κ3) is 2.83. The Bertz CT molecular complexity index is 391. The van der Waals surface area contributed by atoms with E-state index < -0.39 is 0 Å². The highest BCUT2D eigenvalue weighted by Gasteiger charge is 2.09. The van der Waals surface area contributed by atoms with Crippen molar-refractivity contribution in [3.63, 3.8) is 0 Å². The molecule has 1 rings (SSSR count). The molecule has 0 spiro atoms. The van der Waals surface area contributed by atoms with Crippen LogP contribution in [0, 0.1) is 0 Å². The van der Waals surface area contributed by atoms with Crippen LogP contribution < -0.4 is 14.8 Å². The zero-order valence-corrected chi connectivity index (χ0v) is 10.5. The average Bonchev–Trinajstić information content (AvgIpc) is 2.29. The average molecular weight is 242 g/mol. The van der Waals surface area contributed by atoms with Crippen molar-refractivity contribution in [1.29, 1.82) is 0 Å². The molecule has 3 nitrogen and oxygen atoms in total. The third-order valence-corrected chi connectivity index (χ3v) is 2.51. The molecule has 0 aliphatic carbocycles. The molecule has 0 saturated carbocycles. The van der Waals surface area contributed by atoms with Crippen LogP contribution in [0.3, 0.4) is 0 Å². The maximum Gasteiger partial charge on any atom is 0.146 e. The van der Waals surface area contributed by atoms with Crippen LogP contribution in [0.1, 0.15) is 13.3 Å². The summed E-state index contributed by atoms with van der Waals surface area (Å²) in [5.74, 6) is 1.27. The van der Waals surface area contributed by atoms with E-state index in [1.54, 1.807) is 26.4 Å². The fourth-order valence-electron chi connectivity index (χ4n) is 1.24. The van der Waals surface area contributed by atoms with Gasteiger partial charge in [0.1, 0.15) is 11.5 Å². The van der Waals surface area contributed by atoms with E-state index in [0.717, 1.165) is 17.8 Å². The van der Waals surface area contributed by atoms with Gasteiger partial charge in [0, 0.05) is 11.8 Å². The highest BCUT2D eigenvalue weighted by atomic mass is 35.5. The molecular formula is C12H16ClNO2. The Balaban J connectivity index is 3.08. The van der Waals surface area contributed by atoms with Gasteiger partial charge in [0.2, 0.25) is 0 Å². The van der Waals surface area contributed by atoms with Crippen LogP contribution >= 0.6 is 11.6 Å². The van der Waals surface area contributed by atoms with E-state index in [1.165, 1.54) is 0 Å². The van der Waals surface area contributed by atoms with E-state index in [0.29, 0.717) is 16.5 Å². The van der Waals surface area contributed by atoms with E-state index in [9.17, 15) is 0 Å². The predicted molar refractivity (Wildman–Crippen MR) is 67.6 cm³/mol. The predicted octanol–water partition coefficient (Wildman–Crippen LogP) is 3.69. The smallest absolute Gasteiger partial charge is 0.146 e. The van der Waals surface area contributed by atoms with Gasteiger partial charge in [-0.1, -0.05) is 25.1 Å². The summed E-state index contributed by atoms with van der Waals surface area (Å²) in [5, 5.41) is 3.68. The number of benzene rings is 1. The van der Waals surface area contributed by atoms with E-state index >= 15 is 0 Å². The van der Waals surface area contributed by atoms with Crippen LogP contribution in [0.15, 0.2) is 24.4 Å². The Morgan fingerprint density at radius 1 is 1.31 bits per heavy atom. The lowest BCUT2D eigenvalue weighted by Crippen LogP contribution is -2.00. The summed E-state index contributed by atoms with van der Waals surface area (Å²) < 4.78 is 10.4. The molecule has 88 valence electrons. The standard InChI is InChI=1S/C12H16ClNO2/c1-5-8(2)14-10-6-9(13)11(15-3)7-12(10)16-4/h6-7,14H,2,5H2,1,3-4H3. The Morgan fingerprint density at radius 2 is 1.94 bits per heavy atom. The van der Waals surface area contributed by atoms with Gasteiger partial charge in [0.25, 0.3) is 0 Å². The fourth-order valence-corrected chi connectivity index (χ4v) is 1.48. The quantitative estimate of drug-likeness (QED) is 0.853. The third-order valence-electron chi connectivity index (χ3n) is 2.21. The molecule has 0 fully saturated rings. The number of rotatable bonds is 5. The van der Waals surface area contributed by atoms with Crippen LogP contribution in [0.4, 0.5) is 5.69 Å². The van der Waals surface area contributed by atoms with Crippen LogP contribution in [-0.4, -0.2) is 14.2 Å². The monoisotopic (exact) mass is 241 g/mol. The van der Waals surface area contributed by atoms with Gasteiger partial charge in [-0.3, -0.25) is 0 Å². The molecule has 1 N–H and O–H groups in total. The number of anilines is 1. The van der Waals surface area contributed by atoms with Crippen molar-refractivity contribution in [3.8, 4) is 11.5 Å². The first-order valence-electron chi connectivity index (χ1n) is 4.98. The summed E-state index contributed by atoms with van der Waals surface area (Å²) in [6.45, 7) is 5.90. The van der Waals surface area contributed by atoms with Gasteiger partial charge < -0.3 is 14.8 Å². The second-order valence-corrected chi connectivity index (χ2v) is 3.68. The van der Waals surface area contributed by atoms with Crippen molar-refractivity contribution in [1.82, 2.24) is 0 Å². The maximum atomic E-state index is 6.03. The van der Waals surface area contributed by atoms with Gasteiger partial charge in [-0.15, -0.1) is 0 Å². The fraction of sp³-hybridized carbons (Fsp3) is 0.333. The summed E-state index contributed by atoms with van der Waals surface area (Å²) in [5.41, 5.74) is 1.69. The van der Waals surface area contributed by atoms with E-state index in [-0.39, 0.29) is 0 Å². The summed E-state index contributed by atoms with van der Waals surface area (Å²) in [4.78, 5) is 0. The van der Waals surface area contributed by atoms with Gasteiger partial charge in [0.15, 0.2) is 0 Å². The molecule has 0 aromatic heterocycles. The highest BCUT2D eigenvalue weighted by molar-refractivity contribution is 6.32. The second kappa shape index (κ2) is 5.66. The van der Waals surface area contributed by atoms with E-state index in [1.807, 2.05) is 6.92 Å². The Kier molecular flexibility index (Phi) is 4.50. The molecular weight excluding hydrogens is 226 g/mol. The largest absolute Gasteiger partial charge is 0.495 e. The Morgan fingerprint density at radius 3 is 2.44 bits per heavy atom. The molecule has 0 aliphatic heterocycles. The molecule has 1 aromatic carbocycles. The number of hydrogen-bond acceptors (Lipinski definition) is 3. The van der Waals surface area contributed by atoms with Gasteiger partial charge >= 0.3 is 0 Å². The molecule has 0 aliphatic rings. The molecule has 4 heteroatoms. The second-order valence-electron chi connectivity index (χ2n) is 3.27. The molecule has 0 radical (unpaired) electrons. The minimum absolute atomic E-state index is 0.537. The molecule has 0 saturated heterocycles. The SMILES string of the molecule is C=C(CC)Nc1cc(Cl)c(OC)cc1OC. The van der Waals surface area contributed by atoms with Gasteiger partial charge in [-0.2, -0.15) is 0 Å². The first-order chi connectivity index (χ1) is 7.62. The van der Waals surface area contributed by atoms with Crippen LogP contribution in [-0.2, 0) is 0 Å². The van der Waals surface area contributed by atoms with Gasteiger partial charge in [-0.05, 0) is 12.5 Å². The molecule has 1 aromatic rings. The lowest BCUT2D eigenvalue weighted by molar-refractivity contribution is 0.395. The summed E-state index contributed by atoms with van der Waals surface area (Å²) >= 11 is 6.03. The lowest BCUT2D eigenvalue weighted by atomic mass is 10.2. The summed E-state index contributed by atoms with van der Waals surface area (Å²) in [7, 11) is 3.17. The number of ether oxygens (including phenoxy) is 2. The molecule has 0 unspecified atom stereocenters. The Hall–Kier alpha value is -1.35. The zero-order chi connectivity index (χ0) is 12.1. The normalized spacial score (nSPS) is 9.75. The topological polar surface area (TPSA) is 30.5 Å². The van der Waals surface area contributed by atoms with Crippen LogP contribution in [0.2, 0.25) is 5.02 Å². The number of allylic oxidation sites excluding steroid dienone is 1. The minimum atomic E-state index is 0.537. The number of nitrogens with one attached hydrogen (secondary N) is 1. The van der Waals surface area contributed by atoms with Crippen LogP contribution in [0.25, 0.3) is 0 Å². The van der Waals surface area contributed by atoms with Crippen LogP contribution in [0.5, 0.6) is 11.5 Å².